The van der Waals surface area contributed by atoms with Crippen molar-refractivity contribution in [1.29, 1.82) is 0 Å². The number of hydrogen-bond donors (Lipinski definition) is 1. The first kappa shape index (κ1) is 15.4. The number of aromatic nitrogens is 2. The molecule has 1 unspecified atom stereocenters. The number of rotatable bonds is 2. The van der Waals surface area contributed by atoms with Crippen LogP contribution in [-0.4, -0.2) is 44.0 Å². The molecule has 5 rings (SSSR count). The molecule has 3 aliphatic rings. The first-order valence-corrected chi connectivity index (χ1v) is 9.37. The first-order valence-electron chi connectivity index (χ1n) is 9.37. The number of nitrogens with zero attached hydrogens (tertiary/aromatic N) is 3. The Morgan fingerprint density at radius 2 is 2.08 bits per heavy atom. The monoisotopic (exact) mass is 339 g/mol. The molecule has 25 heavy (non-hydrogen) atoms. The average molecular weight is 339 g/mol. The molecule has 1 atom stereocenters. The van der Waals surface area contributed by atoms with Crippen LogP contribution in [0.15, 0.2) is 30.7 Å². The maximum atomic E-state index is 12.5. The lowest BCUT2D eigenvalue weighted by Crippen LogP contribution is -2.61. The highest BCUT2D eigenvalue weighted by atomic mass is 16.3. The van der Waals surface area contributed by atoms with Crippen molar-refractivity contribution in [2.45, 2.75) is 50.5 Å². The third-order valence-corrected chi connectivity index (χ3v) is 6.68. The minimum absolute atomic E-state index is 0.0485. The number of pyridine rings is 1. The predicted molar refractivity (Wildman–Crippen MR) is 94.1 cm³/mol. The van der Waals surface area contributed by atoms with E-state index in [0.717, 1.165) is 18.7 Å². The summed E-state index contributed by atoms with van der Waals surface area (Å²) in [6.45, 7) is 3.64. The standard InChI is InChI=1S/C20H25N3O2/c1-19(25)9-16(10-19)18(24)23-12-20(13-23)4-2-15(11-20)14-3-6-22-7-5-21-17(22)8-14/h3,5-8,15-16,25H,2,4,9-13H2,1H3/t15?,16-,19+. The zero-order valence-corrected chi connectivity index (χ0v) is 14.7. The SMILES string of the molecule is C[C@]1(O)C[C@@H](C(=O)N2CC3(CCC(c4ccn5ccnc5c4)C3)C2)C1. The third-order valence-electron chi connectivity index (χ3n) is 6.68. The summed E-state index contributed by atoms with van der Waals surface area (Å²) in [6, 6.07) is 4.43. The molecule has 2 aromatic heterocycles. The van der Waals surface area contributed by atoms with Crippen molar-refractivity contribution in [3.63, 3.8) is 0 Å². The molecule has 3 fully saturated rings. The van der Waals surface area contributed by atoms with Crippen molar-refractivity contribution in [2.75, 3.05) is 13.1 Å². The van der Waals surface area contributed by atoms with E-state index in [4.69, 9.17) is 0 Å². The fourth-order valence-electron chi connectivity index (χ4n) is 5.31. The minimum Gasteiger partial charge on any atom is -0.390 e. The summed E-state index contributed by atoms with van der Waals surface area (Å²) in [6.07, 6.45) is 10.8. The van der Waals surface area contributed by atoms with Crippen LogP contribution in [0.2, 0.25) is 0 Å². The molecule has 132 valence electrons. The van der Waals surface area contributed by atoms with Gasteiger partial charge in [0.2, 0.25) is 5.91 Å². The Bertz CT molecular complexity index is 826. The Kier molecular flexibility index (Phi) is 3.12. The Morgan fingerprint density at radius 1 is 1.28 bits per heavy atom. The van der Waals surface area contributed by atoms with Gasteiger partial charge in [-0.1, -0.05) is 0 Å². The largest absolute Gasteiger partial charge is 0.390 e. The van der Waals surface area contributed by atoms with Crippen LogP contribution in [-0.2, 0) is 4.79 Å². The molecule has 0 bridgehead atoms. The van der Waals surface area contributed by atoms with Gasteiger partial charge in [0.05, 0.1) is 5.60 Å². The number of aliphatic hydroxyl groups is 1. The molecular weight excluding hydrogens is 314 g/mol. The van der Waals surface area contributed by atoms with Crippen LogP contribution in [0, 0.1) is 11.3 Å². The molecule has 2 saturated carbocycles. The maximum Gasteiger partial charge on any atom is 0.225 e. The summed E-state index contributed by atoms with van der Waals surface area (Å²) in [5, 5.41) is 9.85. The molecule has 1 aliphatic heterocycles. The summed E-state index contributed by atoms with van der Waals surface area (Å²) in [7, 11) is 0. The van der Waals surface area contributed by atoms with Gasteiger partial charge in [-0.2, -0.15) is 0 Å². The summed E-state index contributed by atoms with van der Waals surface area (Å²) in [4.78, 5) is 18.9. The van der Waals surface area contributed by atoms with E-state index >= 15 is 0 Å². The van der Waals surface area contributed by atoms with Crippen LogP contribution < -0.4 is 0 Å². The van der Waals surface area contributed by atoms with Crippen LogP contribution in [0.5, 0.6) is 0 Å². The van der Waals surface area contributed by atoms with Gasteiger partial charge in [0, 0.05) is 43.0 Å². The molecule has 5 heteroatoms. The number of carbonyl (C=O) groups is 1. The van der Waals surface area contributed by atoms with Gasteiger partial charge in [-0.3, -0.25) is 4.79 Å². The molecule has 1 N–H and O–H groups in total. The van der Waals surface area contributed by atoms with E-state index in [0.29, 0.717) is 24.2 Å². The summed E-state index contributed by atoms with van der Waals surface area (Å²) in [5.74, 6) is 0.898. The second-order valence-electron chi connectivity index (χ2n) is 8.89. The normalized spacial score (nSPS) is 33.4. The average Bonchev–Trinajstić information content (AvgIpc) is 3.16. The van der Waals surface area contributed by atoms with Gasteiger partial charge in [0.25, 0.3) is 0 Å². The highest BCUT2D eigenvalue weighted by molar-refractivity contribution is 5.81. The van der Waals surface area contributed by atoms with Crippen LogP contribution in [0.3, 0.4) is 0 Å². The first-order chi connectivity index (χ1) is 11.9. The number of carbonyl (C=O) groups excluding carboxylic acids is 1. The van der Waals surface area contributed by atoms with E-state index in [-0.39, 0.29) is 11.8 Å². The molecule has 1 amide bonds. The molecule has 5 nitrogen and oxygen atoms in total. The lowest BCUT2D eigenvalue weighted by Gasteiger charge is -2.52. The smallest absolute Gasteiger partial charge is 0.225 e. The van der Waals surface area contributed by atoms with E-state index in [1.165, 1.54) is 24.8 Å². The van der Waals surface area contributed by atoms with E-state index in [2.05, 4.69) is 23.3 Å². The topological polar surface area (TPSA) is 57.8 Å². The molecule has 3 heterocycles. The van der Waals surface area contributed by atoms with Crippen molar-refractivity contribution >= 4 is 11.6 Å². The Labute approximate surface area is 147 Å². The van der Waals surface area contributed by atoms with Crippen LogP contribution in [0.25, 0.3) is 5.65 Å². The van der Waals surface area contributed by atoms with Crippen LogP contribution >= 0.6 is 0 Å². The molecule has 2 aromatic rings. The van der Waals surface area contributed by atoms with Gasteiger partial charge in [-0.05, 0) is 62.6 Å². The lowest BCUT2D eigenvalue weighted by atomic mass is 9.69. The van der Waals surface area contributed by atoms with Gasteiger partial charge in [-0.15, -0.1) is 0 Å². The summed E-state index contributed by atoms with van der Waals surface area (Å²) < 4.78 is 2.05. The van der Waals surface area contributed by atoms with Crippen molar-refractivity contribution < 1.29 is 9.90 Å². The maximum absolute atomic E-state index is 12.5. The summed E-state index contributed by atoms with van der Waals surface area (Å²) in [5.41, 5.74) is 2.11. The van der Waals surface area contributed by atoms with Crippen molar-refractivity contribution in [3.05, 3.63) is 36.3 Å². The van der Waals surface area contributed by atoms with Gasteiger partial charge >= 0.3 is 0 Å². The second-order valence-corrected chi connectivity index (χ2v) is 8.89. The Morgan fingerprint density at radius 3 is 2.84 bits per heavy atom. The van der Waals surface area contributed by atoms with E-state index in [1.54, 1.807) is 0 Å². The predicted octanol–water partition coefficient (Wildman–Crippen LogP) is 2.59. The Hall–Kier alpha value is -1.88. The van der Waals surface area contributed by atoms with Crippen molar-refractivity contribution in [2.24, 2.45) is 11.3 Å². The Balaban J connectivity index is 1.22. The molecule has 2 aliphatic carbocycles. The summed E-state index contributed by atoms with van der Waals surface area (Å²) >= 11 is 0. The van der Waals surface area contributed by atoms with Crippen molar-refractivity contribution in [1.82, 2.24) is 14.3 Å². The number of likely N-dealkylation sites (tertiary alicyclic amines) is 1. The zero-order valence-electron chi connectivity index (χ0n) is 14.7. The van der Waals surface area contributed by atoms with Gasteiger partial charge in [-0.25, -0.2) is 4.98 Å². The van der Waals surface area contributed by atoms with Crippen LogP contribution in [0.1, 0.15) is 50.5 Å². The van der Waals surface area contributed by atoms with Gasteiger partial charge in [0.15, 0.2) is 0 Å². The van der Waals surface area contributed by atoms with Gasteiger partial charge in [0.1, 0.15) is 5.65 Å². The molecule has 1 spiro atoms. The zero-order chi connectivity index (χ0) is 17.2. The molecule has 1 saturated heterocycles. The second kappa shape index (κ2) is 5.07. The lowest BCUT2D eigenvalue weighted by molar-refractivity contribution is -0.161. The fourth-order valence-corrected chi connectivity index (χ4v) is 5.31. The molecule has 0 aromatic carbocycles. The van der Waals surface area contributed by atoms with Gasteiger partial charge < -0.3 is 14.4 Å². The third kappa shape index (κ3) is 2.48. The van der Waals surface area contributed by atoms with E-state index in [1.807, 2.05) is 28.6 Å². The van der Waals surface area contributed by atoms with E-state index < -0.39 is 5.60 Å². The highest BCUT2D eigenvalue weighted by Crippen LogP contribution is 2.52. The number of amides is 1. The fraction of sp³-hybridized carbons (Fsp3) is 0.600. The quantitative estimate of drug-likeness (QED) is 0.915. The molecular formula is C20H25N3O2. The number of hydrogen-bond acceptors (Lipinski definition) is 3. The van der Waals surface area contributed by atoms with Crippen molar-refractivity contribution in [3.8, 4) is 0 Å². The minimum atomic E-state index is -0.618. The molecule has 0 radical (unpaired) electrons. The van der Waals surface area contributed by atoms with Crippen LogP contribution in [0.4, 0.5) is 0 Å². The number of imidazole rings is 1. The number of fused-ring (bicyclic) bond motifs is 1. The highest BCUT2D eigenvalue weighted by Gasteiger charge is 2.53. The van der Waals surface area contributed by atoms with E-state index in [9.17, 15) is 9.90 Å².